The molecule has 0 amide bonds. The van der Waals surface area contributed by atoms with E-state index in [0.29, 0.717) is 34.0 Å². The second-order valence-electron chi connectivity index (χ2n) is 8.58. The van der Waals surface area contributed by atoms with Gasteiger partial charge in [0.25, 0.3) is 10.0 Å². The molecule has 0 aliphatic heterocycles. The second-order valence-corrected chi connectivity index (χ2v) is 10.8. The van der Waals surface area contributed by atoms with Crippen LogP contribution in [0.2, 0.25) is 5.02 Å². The highest BCUT2D eigenvalue weighted by atomic mass is 35.5. The van der Waals surface area contributed by atoms with Crippen molar-refractivity contribution in [3.05, 3.63) is 77.8 Å². The van der Waals surface area contributed by atoms with E-state index >= 15 is 0 Å². The van der Waals surface area contributed by atoms with Crippen LogP contribution in [0, 0.1) is 0 Å². The summed E-state index contributed by atoms with van der Waals surface area (Å²) in [6.07, 6.45) is 6.23. The zero-order chi connectivity index (χ0) is 23.2. The van der Waals surface area contributed by atoms with Crippen molar-refractivity contribution in [2.75, 3.05) is 0 Å². The summed E-state index contributed by atoms with van der Waals surface area (Å²) in [5, 5.41) is 1.04. The van der Waals surface area contributed by atoms with Crippen LogP contribution in [0.25, 0.3) is 22.2 Å². The third-order valence-electron chi connectivity index (χ3n) is 6.25. The molecule has 34 heavy (non-hydrogen) atoms. The predicted octanol–water partition coefficient (Wildman–Crippen LogP) is 4.47. The molecule has 1 aliphatic rings. The molecule has 178 valence electrons. The Bertz CT molecular complexity index is 1440. The van der Waals surface area contributed by atoms with Gasteiger partial charge in [0.15, 0.2) is 0 Å². The molecular weight excluding hydrogens is 493 g/mol. The van der Waals surface area contributed by atoms with Crippen LogP contribution < -0.4 is 11.5 Å². The minimum Gasteiger partial charge on any atom is -0.328 e. The molecule has 0 spiro atoms. The number of nitrogens with two attached hydrogens (primary N) is 2. The van der Waals surface area contributed by atoms with Crippen molar-refractivity contribution in [1.29, 1.82) is 0 Å². The van der Waals surface area contributed by atoms with Gasteiger partial charge >= 0.3 is 0 Å². The Morgan fingerprint density at radius 1 is 1.09 bits per heavy atom. The Morgan fingerprint density at radius 2 is 1.79 bits per heavy atom. The van der Waals surface area contributed by atoms with Crippen LogP contribution in [0.3, 0.4) is 0 Å². The molecule has 10 heteroatoms. The topological polar surface area (TPSA) is 117 Å². The van der Waals surface area contributed by atoms with Crippen LogP contribution in [0.15, 0.2) is 71.9 Å². The number of benzene rings is 2. The molecule has 2 unspecified atom stereocenters. The van der Waals surface area contributed by atoms with Crippen LogP contribution in [-0.2, 0) is 15.6 Å². The van der Waals surface area contributed by atoms with Crippen molar-refractivity contribution < 1.29 is 8.42 Å². The molecule has 4 N–H and O–H groups in total. The van der Waals surface area contributed by atoms with Gasteiger partial charge in [0.1, 0.15) is 5.82 Å². The Morgan fingerprint density at radius 3 is 2.53 bits per heavy atom. The maximum absolute atomic E-state index is 13.4. The third kappa shape index (κ3) is 4.21. The normalized spacial score (nSPS) is 20.7. The van der Waals surface area contributed by atoms with Crippen molar-refractivity contribution in [2.24, 2.45) is 11.5 Å². The predicted molar refractivity (Wildman–Crippen MR) is 137 cm³/mol. The van der Waals surface area contributed by atoms with Crippen LogP contribution in [-0.4, -0.2) is 28.4 Å². The minimum absolute atomic E-state index is 0. The number of halogens is 2. The largest absolute Gasteiger partial charge is 0.328 e. The molecular formula is C24H25Cl2N5O2S. The number of aromatic nitrogens is 3. The lowest BCUT2D eigenvalue weighted by molar-refractivity contribution is 0.260. The van der Waals surface area contributed by atoms with E-state index in [9.17, 15) is 8.42 Å². The van der Waals surface area contributed by atoms with E-state index in [1.54, 1.807) is 48.7 Å². The summed E-state index contributed by atoms with van der Waals surface area (Å²) in [5.41, 5.74) is 13.7. The molecule has 1 saturated carbocycles. The lowest BCUT2D eigenvalue weighted by Crippen LogP contribution is -2.47. The molecule has 1 aliphatic carbocycles. The van der Waals surface area contributed by atoms with E-state index in [0.717, 1.165) is 24.6 Å². The second kappa shape index (κ2) is 9.28. The van der Waals surface area contributed by atoms with Crippen molar-refractivity contribution >= 4 is 44.9 Å². The maximum atomic E-state index is 13.4. The van der Waals surface area contributed by atoms with E-state index in [-0.39, 0.29) is 23.3 Å². The zero-order valence-corrected chi connectivity index (χ0v) is 20.7. The Hall–Kier alpha value is -2.49. The first-order valence-electron chi connectivity index (χ1n) is 10.8. The highest BCUT2D eigenvalue weighted by molar-refractivity contribution is 7.90. The Kier molecular flexibility index (Phi) is 6.72. The molecule has 0 radical (unpaired) electrons. The first-order valence-corrected chi connectivity index (χ1v) is 12.6. The van der Waals surface area contributed by atoms with E-state index in [2.05, 4.69) is 4.98 Å². The van der Waals surface area contributed by atoms with Gasteiger partial charge in [-0.1, -0.05) is 48.0 Å². The summed E-state index contributed by atoms with van der Waals surface area (Å²) in [6, 6.07) is 15.6. The number of hydrogen-bond acceptors (Lipinski definition) is 6. The van der Waals surface area contributed by atoms with Crippen LogP contribution >= 0.6 is 24.0 Å². The molecule has 2 heterocycles. The average molecular weight is 518 g/mol. The standard InChI is InChI=1S/C24H24ClN5O2S.ClH/c25-20-14-28-23(24(27)12-6-7-16(26)13-24)29-22(20)19-15-30(21-11-5-4-10-18(19)21)33(31,32)17-8-2-1-3-9-17;/h1-5,8-11,14-16H,6-7,12-13,26-27H2;1H. The van der Waals surface area contributed by atoms with Crippen LogP contribution in [0.1, 0.15) is 31.5 Å². The van der Waals surface area contributed by atoms with Gasteiger partial charge in [-0.2, -0.15) is 0 Å². The van der Waals surface area contributed by atoms with Gasteiger partial charge in [-0.05, 0) is 43.9 Å². The van der Waals surface area contributed by atoms with Gasteiger partial charge in [0, 0.05) is 29.4 Å². The van der Waals surface area contributed by atoms with E-state index < -0.39 is 15.6 Å². The van der Waals surface area contributed by atoms with E-state index in [1.807, 2.05) is 12.1 Å². The molecule has 5 rings (SSSR count). The number of hydrogen-bond donors (Lipinski definition) is 2. The highest BCUT2D eigenvalue weighted by Gasteiger charge is 2.36. The third-order valence-corrected chi connectivity index (χ3v) is 8.21. The van der Waals surface area contributed by atoms with Gasteiger partial charge in [0.2, 0.25) is 0 Å². The molecule has 2 aromatic carbocycles. The maximum Gasteiger partial charge on any atom is 0.268 e. The van der Waals surface area contributed by atoms with Gasteiger partial charge in [-0.25, -0.2) is 22.4 Å². The molecule has 7 nitrogen and oxygen atoms in total. The summed E-state index contributed by atoms with van der Waals surface area (Å²) < 4.78 is 28.2. The quantitative estimate of drug-likeness (QED) is 0.412. The average Bonchev–Trinajstić information content (AvgIpc) is 3.20. The smallest absolute Gasteiger partial charge is 0.268 e. The monoisotopic (exact) mass is 517 g/mol. The van der Waals surface area contributed by atoms with Crippen molar-refractivity contribution in [2.45, 2.75) is 42.2 Å². The fraction of sp³-hybridized carbons (Fsp3) is 0.250. The van der Waals surface area contributed by atoms with Crippen molar-refractivity contribution in [3.63, 3.8) is 0 Å². The number of nitrogens with zero attached hydrogens (tertiary/aromatic N) is 3. The van der Waals surface area contributed by atoms with Crippen LogP contribution in [0.4, 0.5) is 0 Å². The zero-order valence-electron chi connectivity index (χ0n) is 18.3. The molecule has 4 aromatic rings. The van der Waals surface area contributed by atoms with Crippen molar-refractivity contribution in [3.8, 4) is 11.3 Å². The van der Waals surface area contributed by atoms with Crippen LogP contribution in [0.5, 0.6) is 0 Å². The molecule has 0 saturated heterocycles. The summed E-state index contributed by atoms with van der Waals surface area (Å²) in [4.78, 5) is 9.39. The summed E-state index contributed by atoms with van der Waals surface area (Å²) in [5.74, 6) is 0.472. The van der Waals surface area contributed by atoms with E-state index in [1.165, 1.54) is 10.2 Å². The minimum atomic E-state index is -3.83. The molecule has 1 fully saturated rings. The van der Waals surface area contributed by atoms with Gasteiger partial charge in [-0.15, -0.1) is 12.4 Å². The molecule has 0 bridgehead atoms. The molecule has 2 aromatic heterocycles. The number of para-hydroxylation sites is 1. The fourth-order valence-corrected chi connectivity index (χ4v) is 6.18. The molecule has 2 atom stereocenters. The highest BCUT2D eigenvalue weighted by Crippen LogP contribution is 2.38. The van der Waals surface area contributed by atoms with E-state index in [4.69, 9.17) is 28.1 Å². The number of rotatable bonds is 4. The summed E-state index contributed by atoms with van der Waals surface area (Å²) in [7, 11) is -3.83. The summed E-state index contributed by atoms with van der Waals surface area (Å²) in [6.45, 7) is 0. The van der Waals surface area contributed by atoms with Crippen molar-refractivity contribution in [1.82, 2.24) is 13.9 Å². The summed E-state index contributed by atoms with van der Waals surface area (Å²) >= 11 is 6.54. The lowest BCUT2D eigenvalue weighted by atomic mass is 9.79. The van der Waals surface area contributed by atoms with Gasteiger partial charge in [-0.3, -0.25) is 0 Å². The first kappa shape index (κ1) is 24.6. The van der Waals surface area contributed by atoms with Gasteiger partial charge < -0.3 is 11.5 Å². The van der Waals surface area contributed by atoms with Gasteiger partial charge in [0.05, 0.1) is 26.7 Å². The Labute approximate surface area is 209 Å². The Balaban J connectivity index is 0.00000274. The number of fused-ring (bicyclic) bond motifs is 1. The SMILES string of the molecule is Cl.NC1CCCC(N)(c2ncc(Cl)c(-c3cn(S(=O)(=O)c4ccccc4)c4ccccc34)n2)C1. The lowest BCUT2D eigenvalue weighted by Gasteiger charge is -2.35. The fourth-order valence-electron chi connectivity index (χ4n) is 4.59. The first-order chi connectivity index (χ1) is 15.8.